The van der Waals surface area contributed by atoms with E-state index in [1.54, 1.807) is 0 Å². The quantitative estimate of drug-likeness (QED) is 0.594. The molecule has 0 aromatic carbocycles. The molecule has 0 amide bonds. The Hall–Kier alpha value is -1.38. The van der Waals surface area contributed by atoms with E-state index in [4.69, 9.17) is 0 Å². The minimum absolute atomic E-state index is 0.0395. The SMILES string of the molecule is C=CC1(C)C=CC(C2(C)CCCC(C)(C(=O)O)C2CC=O)CC1. The van der Waals surface area contributed by atoms with Crippen molar-refractivity contribution >= 4 is 12.3 Å². The van der Waals surface area contributed by atoms with Crippen LogP contribution in [0.15, 0.2) is 24.8 Å². The molecule has 2 aliphatic carbocycles. The van der Waals surface area contributed by atoms with Gasteiger partial charge in [0.1, 0.15) is 6.29 Å². The lowest BCUT2D eigenvalue weighted by atomic mass is 9.49. The summed E-state index contributed by atoms with van der Waals surface area (Å²) < 4.78 is 0. The van der Waals surface area contributed by atoms with Crippen LogP contribution in [-0.2, 0) is 9.59 Å². The number of hydrogen-bond acceptors (Lipinski definition) is 2. The van der Waals surface area contributed by atoms with E-state index in [0.717, 1.165) is 32.0 Å². The van der Waals surface area contributed by atoms with Gasteiger partial charge in [-0.15, -0.1) is 6.58 Å². The van der Waals surface area contributed by atoms with Crippen LogP contribution in [0.5, 0.6) is 0 Å². The van der Waals surface area contributed by atoms with Crippen LogP contribution >= 0.6 is 0 Å². The Morgan fingerprint density at radius 3 is 2.48 bits per heavy atom. The predicted molar refractivity (Wildman–Crippen MR) is 92.0 cm³/mol. The minimum atomic E-state index is -0.805. The molecule has 0 aliphatic heterocycles. The third-order valence-corrected chi connectivity index (χ3v) is 6.81. The molecule has 128 valence electrons. The second kappa shape index (κ2) is 6.26. The molecule has 0 bridgehead atoms. The Bertz CT molecular complexity index is 523. The van der Waals surface area contributed by atoms with Gasteiger partial charge in [0.2, 0.25) is 0 Å². The van der Waals surface area contributed by atoms with Crippen LogP contribution in [-0.4, -0.2) is 17.4 Å². The Morgan fingerprint density at radius 2 is 2.00 bits per heavy atom. The second-order valence-corrected chi connectivity index (χ2v) is 8.25. The van der Waals surface area contributed by atoms with Gasteiger partial charge >= 0.3 is 5.97 Å². The predicted octanol–water partition coefficient (Wildman–Crippen LogP) is 4.63. The highest BCUT2D eigenvalue weighted by Crippen LogP contribution is 2.58. The molecule has 1 N–H and O–H groups in total. The average Bonchev–Trinajstić information content (AvgIpc) is 2.51. The Kier molecular flexibility index (Phi) is 4.89. The largest absolute Gasteiger partial charge is 0.481 e. The number of rotatable bonds is 5. The van der Waals surface area contributed by atoms with Crippen LogP contribution in [0.1, 0.15) is 59.3 Å². The van der Waals surface area contributed by atoms with Gasteiger partial charge in [-0.05, 0) is 49.9 Å². The normalized spacial score (nSPS) is 43.8. The summed E-state index contributed by atoms with van der Waals surface area (Å²) in [6, 6.07) is 0. The molecule has 0 aromatic heterocycles. The van der Waals surface area contributed by atoms with Crippen molar-refractivity contribution in [3.63, 3.8) is 0 Å². The van der Waals surface area contributed by atoms with E-state index in [1.165, 1.54) is 0 Å². The maximum atomic E-state index is 11.9. The zero-order chi connectivity index (χ0) is 17.3. The second-order valence-electron chi connectivity index (χ2n) is 8.25. The summed E-state index contributed by atoms with van der Waals surface area (Å²) in [5.74, 6) is -0.535. The first kappa shape index (κ1) is 18.0. The van der Waals surface area contributed by atoms with Gasteiger partial charge in [-0.1, -0.05) is 38.5 Å². The van der Waals surface area contributed by atoms with Crippen molar-refractivity contribution in [3.05, 3.63) is 24.8 Å². The lowest BCUT2D eigenvalue weighted by molar-refractivity contribution is -0.162. The van der Waals surface area contributed by atoms with Crippen LogP contribution in [0.25, 0.3) is 0 Å². The molecule has 1 saturated carbocycles. The lowest BCUT2D eigenvalue weighted by Gasteiger charge is -2.54. The zero-order valence-corrected chi connectivity index (χ0v) is 14.7. The van der Waals surface area contributed by atoms with Crippen LogP contribution in [0.4, 0.5) is 0 Å². The molecule has 2 rings (SSSR count). The molecule has 3 heteroatoms. The highest BCUT2D eigenvalue weighted by molar-refractivity contribution is 5.75. The van der Waals surface area contributed by atoms with Crippen LogP contribution in [0.3, 0.4) is 0 Å². The number of aldehydes is 1. The van der Waals surface area contributed by atoms with Crippen molar-refractivity contribution in [2.24, 2.45) is 28.1 Å². The number of carboxylic acid groups (broad SMARTS) is 1. The van der Waals surface area contributed by atoms with Gasteiger partial charge in [-0.3, -0.25) is 4.79 Å². The molecule has 0 saturated heterocycles. The number of aliphatic carboxylic acids is 1. The molecule has 0 radical (unpaired) electrons. The maximum absolute atomic E-state index is 11.9. The zero-order valence-electron chi connectivity index (χ0n) is 14.7. The molecule has 0 spiro atoms. The average molecular weight is 318 g/mol. The third-order valence-electron chi connectivity index (χ3n) is 6.81. The van der Waals surface area contributed by atoms with Crippen molar-refractivity contribution in [3.8, 4) is 0 Å². The Labute approximate surface area is 139 Å². The van der Waals surface area contributed by atoms with Gasteiger partial charge in [-0.25, -0.2) is 0 Å². The molecule has 5 atom stereocenters. The van der Waals surface area contributed by atoms with Gasteiger partial charge in [0.25, 0.3) is 0 Å². The minimum Gasteiger partial charge on any atom is -0.481 e. The van der Waals surface area contributed by atoms with Gasteiger partial charge in [0.15, 0.2) is 0 Å². The van der Waals surface area contributed by atoms with Crippen LogP contribution < -0.4 is 0 Å². The number of carbonyl (C=O) groups excluding carboxylic acids is 1. The molecule has 2 aliphatic rings. The van der Waals surface area contributed by atoms with E-state index in [1.807, 2.05) is 13.0 Å². The fourth-order valence-electron chi connectivity index (χ4n) is 4.94. The number of allylic oxidation sites excluding steroid dienone is 3. The van der Waals surface area contributed by atoms with E-state index in [-0.39, 0.29) is 16.7 Å². The molecule has 1 fully saturated rings. The third kappa shape index (κ3) is 3.02. The first-order chi connectivity index (χ1) is 10.7. The highest BCUT2D eigenvalue weighted by Gasteiger charge is 2.55. The summed E-state index contributed by atoms with van der Waals surface area (Å²) in [4.78, 5) is 23.2. The fraction of sp³-hybridized carbons (Fsp3) is 0.700. The summed E-state index contributed by atoms with van der Waals surface area (Å²) in [5.41, 5.74) is -0.899. The Balaban J connectivity index is 2.37. The van der Waals surface area contributed by atoms with E-state index in [0.29, 0.717) is 18.8 Å². The van der Waals surface area contributed by atoms with Crippen LogP contribution in [0.2, 0.25) is 0 Å². The van der Waals surface area contributed by atoms with E-state index in [2.05, 4.69) is 32.6 Å². The summed E-state index contributed by atoms with van der Waals surface area (Å²) in [6.07, 6.45) is 12.4. The van der Waals surface area contributed by atoms with Crippen molar-refractivity contribution in [2.75, 3.05) is 0 Å². The Morgan fingerprint density at radius 1 is 1.30 bits per heavy atom. The van der Waals surface area contributed by atoms with Gasteiger partial charge in [0, 0.05) is 11.8 Å². The number of hydrogen-bond donors (Lipinski definition) is 1. The van der Waals surface area contributed by atoms with E-state index in [9.17, 15) is 14.7 Å². The van der Waals surface area contributed by atoms with Gasteiger partial charge in [-0.2, -0.15) is 0 Å². The number of carbonyl (C=O) groups is 2. The first-order valence-electron chi connectivity index (χ1n) is 8.72. The van der Waals surface area contributed by atoms with Crippen LogP contribution in [0, 0.1) is 28.1 Å². The van der Waals surface area contributed by atoms with Crippen molar-refractivity contribution in [2.45, 2.75) is 59.3 Å². The topological polar surface area (TPSA) is 54.4 Å². The highest BCUT2D eigenvalue weighted by atomic mass is 16.4. The van der Waals surface area contributed by atoms with Crippen molar-refractivity contribution < 1.29 is 14.7 Å². The van der Waals surface area contributed by atoms with E-state index < -0.39 is 11.4 Å². The first-order valence-corrected chi connectivity index (χ1v) is 8.72. The number of carboxylic acids is 1. The smallest absolute Gasteiger partial charge is 0.309 e. The molecular weight excluding hydrogens is 288 g/mol. The van der Waals surface area contributed by atoms with Gasteiger partial charge in [0.05, 0.1) is 5.41 Å². The molecule has 23 heavy (non-hydrogen) atoms. The molecular formula is C20H30O3. The lowest BCUT2D eigenvalue weighted by Crippen LogP contribution is -2.51. The maximum Gasteiger partial charge on any atom is 0.309 e. The van der Waals surface area contributed by atoms with Crippen molar-refractivity contribution in [1.82, 2.24) is 0 Å². The summed E-state index contributed by atoms with van der Waals surface area (Å²) in [5, 5.41) is 9.80. The van der Waals surface area contributed by atoms with Crippen molar-refractivity contribution in [1.29, 1.82) is 0 Å². The molecule has 0 heterocycles. The summed E-state index contributed by atoms with van der Waals surface area (Å²) >= 11 is 0. The molecule has 0 aromatic rings. The fourth-order valence-corrected chi connectivity index (χ4v) is 4.94. The van der Waals surface area contributed by atoms with E-state index >= 15 is 0 Å². The molecule has 5 unspecified atom stereocenters. The summed E-state index contributed by atoms with van der Waals surface area (Å²) in [7, 11) is 0. The van der Waals surface area contributed by atoms with Gasteiger partial charge < -0.3 is 9.90 Å². The molecule has 3 nitrogen and oxygen atoms in total. The monoisotopic (exact) mass is 318 g/mol. The summed E-state index contributed by atoms with van der Waals surface area (Å²) in [6.45, 7) is 10.1. The standard InChI is InChI=1S/C20H30O3/c1-5-18(2)12-7-15(8-13-18)19(3)10-6-11-20(4,17(22)23)16(19)9-14-21/h5,7,12,14-16H,1,6,8-11,13H2,2-4H3,(H,22,23).